The molecule has 0 spiro atoms. The second kappa shape index (κ2) is 9.30. The van der Waals surface area contributed by atoms with E-state index in [4.69, 9.17) is 4.74 Å². The lowest BCUT2D eigenvalue weighted by Gasteiger charge is -2.35. The van der Waals surface area contributed by atoms with E-state index in [9.17, 15) is 9.59 Å². The van der Waals surface area contributed by atoms with Gasteiger partial charge in [-0.25, -0.2) is 0 Å². The zero-order chi connectivity index (χ0) is 20.9. The van der Waals surface area contributed by atoms with Crippen molar-refractivity contribution in [1.82, 2.24) is 15.5 Å². The van der Waals surface area contributed by atoms with Crippen molar-refractivity contribution in [3.63, 3.8) is 0 Å². The summed E-state index contributed by atoms with van der Waals surface area (Å²) in [4.78, 5) is 27.5. The molecule has 0 unspecified atom stereocenters. The molecule has 0 radical (unpaired) electrons. The van der Waals surface area contributed by atoms with Crippen molar-refractivity contribution in [2.24, 2.45) is 5.92 Å². The van der Waals surface area contributed by atoms with Gasteiger partial charge in [-0.05, 0) is 36.5 Å². The maximum atomic E-state index is 13.0. The van der Waals surface area contributed by atoms with E-state index in [0.29, 0.717) is 32.5 Å². The van der Waals surface area contributed by atoms with Crippen molar-refractivity contribution in [1.29, 1.82) is 0 Å². The maximum absolute atomic E-state index is 13.0. The molecule has 0 bridgehead atoms. The van der Waals surface area contributed by atoms with Gasteiger partial charge >= 0.3 is 0 Å². The fourth-order valence-corrected chi connectivity index (χ4v) is 4.39. The first-order valence-electron chi connectivity index (χ1n) is 10.6. The van der Waals surface area contributed by atoms with Gasteiger partial charge in [-0.15, -0.1) is 0 Å². The monoisotopic (exact) mass is 407 g/mol. The highest BCUT2D eigenvalue weighted by molar-refractivity contribution is 5.83. The molecule has 6 nitrogen and oxygen atoms in total. The van der Waals surface area contributed by atoms with Gasteiger partial charge in [0.15, 0.2) is 0 Å². The minimum absolute atomic E-state index is 0.0520. The molecule has 0 aromatic heterocycles. The number of likely N-dealkylation sites (tertiary alicyclic amines) is 1. The Balaban J connectivity index is 1.26. The summed E-state index contributed by atoms with van der Waals surface area (Å²) >= 11 is 0. The van der Waals surface area contributed by atoms with Gasteiger partial charge in [-0.1, -0.05) is 42.5 Å². The molecule has 2 aromatic carbocycles. The Morgan fingerprint density at radius 2 is 1.77 bits per heavy atom. The maximum Gasteiger partial charge on any atom is 0.240 e. The third-order valence-electron chi connectivity index (χ3n) is 6.20. The lowest BCUT2D eigenvalue weighted by atomic mass is 9.92. The number of carbonyl (C=O) groups excluding carboxylic acids is 2. The van der Waals surface area contributed by atoms with Crippen LogP contribution in [0.3, 0.4) is 0 Å². The summed E-state index contributed by atoms with van der Waals surface area (Å²) in [5.41, 5.74) is 3.48. The van der Waals surface area contributed by atoms with Crippen LogP contribution < -0.4 is 15.4 Å². The van der Waals surface area contributed by atoms with E-state index in [1.165, 1.54) is 11.1 Å². The van der Waals surface area contributed by atoms with Crippen molar-refractivity contribution in [2.75, 3.05) is 20.2 Å². The number of hydrogen-bond donors (Lipinski definition) is 2. The van der Waals surface area contributed by atoms with Crippen LogP contribution in [-0.4, -0.2) is 43.0 Å². The summed E-state index contributed by atoms with van der Waals surface area (Å²) in [5.74, 6) is 0.929. The predicted molar refractivity (Wildman–Crippen MR) is 115 cm³/mol. The average Bonchev–Trinajstić information content (AvgIpc) is 2.82. The number of piperidine rings is 1. The third kappa shape index (κ3) is 4.49. The molecule has 0 aliphatic carbocycles. The normalized spacial score (nSPS) is 19.1. The Morgan fingerprint density at radius 1 is 1.07 bits per heavy atom. The van der Waals surface area contributed by atoms with Gasteiger partial charge in [-0.2, -0.15) is 0 Å². The topological polar surface area (TPSA) is 70.7 Å². The smallest absolute Gasteiger partial charge is 0.240 e. The van der Waals surface area contributed by atoms with Crippen molar-refractivity contribution in [2.45, 2.75) is 38.4 Å². The van der Waals surface area contributed by atoms with Gasteiger partial charge in [0.1, 0.15) is 5.75 Å². The van der Waals surface area contributed by atoms with Gasteiger partial charge in [-0.3, -0.25) is 9.59 Å². The first kappa shape index (κ1) is 20.4. The molecule has 2 aliphatic rings. The highest BCUT2D eigenvalue weighted by atomic mass is 16.5. The Bertz CT molecular complexity index is 906. The summed E-state index contributed by atoms with van der Waals surface area (Å²) in [5, 5.41) is 6.40. The Kier molecular flexibility index (Phi) is 6.33. The van der Waals surface area contributed by atoms with Crippen molar-refractivity contribution in [3.8, 4) is 5.75 Å². The lowest BCUT2D eigenvalue weighted by Crippen LogP contribution is -2.52. The number of nitrogens with zero attached hydrogens (tertiary/aromatic N) is 1. The fourth-order valence-electron chi connectivity index (χ4n) is 4.39. The van der Waals surface area contributed by atoms with Crippen LogP contribution in [0.2, 0.25) is 0 Å². The van der Waals surface area contributed by atoms with Crippen LogP contribution in [0.1, 0.15) is 29.5 Å². The predicted octanol–water partition coefficient (Wildman–Crippen LogP) is 2.26. The number of amides is 2. The third-order valence-corrected chi connectivity index (χ3v) is 6.20. The SMILES string of the molecule is COc1ccccc1CNC(=O)C1CCN(C(=O)[C@H]2Cc3ccccc3CN2)CC1. The van der Waals surface area contributed by atoms with Crippen LogP contribution in [0, 0.1) is 5.92 Å². The van der Waals surface area contributed by atoms with Crippen LogP contribution in [-0.2, 0) is 29.1 Å². The lowest BCUT2D eigenvalue weighted by molar-refractivity contribution is -0.137. The van der Waals surface area contributed by atoms with Gasteiger partial charge in [0.25, 0.3) is 0 Å². The Morgan fingerprint density at radius 3 is 2.53 bits per heavy atom. The van der Waals surface area contributed by atoms with Crippen LogP contribution in [0.15, 0.2) is 48.5 Å². The largest absolute Gasteiger partial charge is 0.496 e. The molecule has 158 valence electrons. The number of nitrogens with one attached hydrogen (secondary N) is 2. The van der Waals surface area contributed by atoms with Crippen molar-refractivity contribution >= 4 is 11.8 Å². The molecule has 2 aliphatic heterocycles. The molecule has 2 aromatic rings. The highest BCUT2D eigenvalue weighted by Crippen LogP contribution is 2.22. The number of fused-ring (bicyclic) bond motifs is 1. The van der Waals surface area contributed by atoms with E-state index in [1.54, 1.807) is 7.11 Å². The average molecular weight is 408 g/mol. The molecular weight excluding hydrogens is 378 g/mol. The number of methoxy groups -OCH3 is 1. The summed E-state index contributed by atoms with van der Waals surface area (Å²) < 4.78 is 5.34. The Labute approximate surface area is 177 Å². The molecule has 2 N–H and O–H groups in total. The van der Waals surface area contributed by atoms with E-state index < -0.39 is 0 Å². The summed E-state index contributed by atoms with van der Waals surface area (Å²) in [6.45, 7) is 2.44. The number of hydrogen-bond acceptors (Lipinski definition) is 4. The fraction of sp³-hybridized carbons (Fsp3) is 0.417. The second-order valence-corrected chi connectivity index (χ2v) is 8.04. The second-order valence-electron chi connectivity index (χ2n) is 8.04. The number of rotatable bonds is 5. The first-order valence-corrected chi connectivity index (χ1v) is 10.6. The molecule has 4 rings (SSSR count). The molecule has 1 atom stereocenters. The molecule has 6 heteroatoms. The molecule has 1 saturated heterocycles. The van der Waals surface area contributed by atoms with Crippen LogP contribution in [0.5, 0.6) is 5.75 Å². The molecule has 0 saturated carbocycles. The quantitative estimate of drug-likeness (QED) is 0.798. The Hall–Kier alpha value is -2.86. The van der Waals surface area contributed by atoms with Crippen LogP contribution in [0.25, 0.3) is 0 Å². The first-order chi connectivity index (χ1) is 14.7. The minimum atomic E-state index is -0.171. The molecular formula is C24H29N3O3. The molecule has 1 fully saturated rings. The van der Waals surface area contributed by atoms with E-state index in [0.717, 1.165) is 24.3 Å². The zero-order valence-corrected chi connectivity index (χ0v) is 17.4. The van der Waals surface area contributed by atoms with E-state index in [1.807, 2.05) is 41.3 Å². The molecule has 2 amide bonds. The van der Waals surface area contributed by atoms with Gasteiger partial charge in [0.2, 0.25) is 11.8 Å². The molecule has 2 heterocycles. The number of ether oxygens (including phenoxy) is 1. The summed E-state index contributed by atoms with van der Waals surface area (Å²) in [7, 11) is 1.63. The number of para-hydroxylation sites is 1. The van der Waals surface area contributed by atoms with Crippen LogP contribution >= 0.6 is 0 Å². The highest BCUT2D eigenvalue weighted by Gasteiger charge is 2.32. The molecule has 30 heavy (non-hydrogen) atoms. The summed E-state index contributed by atoms with van der Waals surface area (Å²) in [6.07, 6.45) is 2.13. The van der Waals surface area contributed by atoms with Crippen molar-refractivity contribution < 1.29 is 14.3 Å². The van der Waals surface area contributed by atoms with Crippen LogP contribution in [0.4, 0.5) is 0 Å². The zero-order valence-electron chi connectivity index (χ0n) is 17.4. The number of benzene rings is 2. The summed E-state index contributed by atoms with van der Waals surface area (Å²) in [6, 6.07) is 15.8. The van der Waals surface area contributed by atoms with E-state index in [-0.39, 0.29) is 23.8 Å². The van der Waals surface area contributed by atoms with Gasteiger partial charge in [0.05, 0.1) is 13.2 Å². The van der Waals surface area contributed by atoms with E-state index in [2.05, 4.69) is 22.8 Å². The number of carbonyl (C=O) groups is 2. The standard InChI is InChI=1S/C24H29N3O3/c1-30-22-9-5-4-8-20(22)16-26-23(28)17-10-12-27(13-11-17)24(29)21-14-18-6-2-3-7-19(18)15-25-21/h2-9,17,21,25H,10-16H2,1H3,(H,26,28)/t21-/m1/s1. The van der Waals surface area contributed by atoms with Gasteiger partial charge < -0.3 is 20.3 Å². The van der Waals surface area contributed by atoms with E-state index >= 15 is 0 Å². The van der Waals surface area contributed by atoms with Crippen molar-refractivity contribution in [3.05, 3.63) is 65.2 Å². The minimum Gasteiger partial charge on any atom is -0.496 e. The van der Waals surface area contributed by atoms with Gasteiger partial charge in [0, 0.05) is 37.7 Å².